The summed E-state index contributed by atoms with van der Waals surface area (Å²) in [6, 6.07) is 0. The Bertz CT molecular complexity index is 730. The quantitative estimate of drug-likeness (QED) is 0.410. The molecular formula is C10H12FN5O5. The molecule has 0 saturated carbocycles. The Labute approximate surface area is 115 Å². The summed E-state index contributed by atoms with van der Waals surface area (Å²) < 4.78 is 19.2. The third-order valence-corrected chi connectivity index (χ3v) is 3.27. The van der Waals surface area contributed by atoms with Gasteiger partial charge in [0, 0.05) is 0 Å². The Morgan fingerprint density at radius 3 is 2.81 bits per heavy atom. The number of anilines is 1. The Hall–Kier alpha value is -2.08. The number of aliphatic hydroxyl groups is 3. The van der Waals surface area contributed by atoms with Gasteiger partial charge in [-0.05, 0) is 0 Å². The molecule has 1 fully saturated rings. The van der Waals surface area contributed by atoms with E-state index in [1.54, 1.807) is 0 Å². The van der Waals surface area contributed by atoms with E-state index in [4.69, 9.17) is 15.6 Å². The SMILES string of the molecule is Nc1nc2c(ncn2[C@@H]2O[C@H](C(O)F)[C@@H](O)[C@H]2O)c(=O)[nH]1. The summed E-state index contributed by atoms with van der Waals surface area (Å²) >= 11 is 0. The van der Waals surface area contributed by atoms with Crippen molar-refractivity contribution < 1.29 is 24.4 Å². The number of hydrogen-bond acceptors (Lipinski definition) is 8. The first-order valence-electron chi connectivity index (χ1n) is 5.96. The van der Waals surface area contributed by atoms with Gasteiger partial charge in [-0.15, -0.1) is 0 Å². The molecule has 2 aromatic rings. The molecule has 2 aromatic heterocycles. The number of nitrogens with zero attached hydrogens (tertiary/aromatic N) is 3. The Balaban J connectivity index is 2.07. The first-order valence-corrected chi connectivity index (χ1v) is 5.96. The molecular weight excluding hydrogens is 289 g/mol. The monoisotopic (exact) mass is 301 g/mol. The molecule has 5 atom stereocenters. The van der Waals surface area contributed by atoms with Gasteiger partial charge < -0.3 is 25.8 Å². The maximum atomic E-state index is 12.9. The molecule has 6 N–H and O–H groups in total. The summed E-state index contributed by atoms with van der Waals surface area (Å²) in [6.45, 7) is 0. The van der Waals surface area contributed by atoms with Crippen LogP contribution >= 0.6 is 0 Å². The number of halogens is 1. The van der Waals surface area contributed by atoms with Crippen molar-refractivity contribution in [1.82, 2.24) is 19.5 Å². The number of hydrogen-bond donors (Lipinski definition) is 5. The fourth-order valence-corrected chi connectivity index (χ4v) is 2.27. The van der Waals surface area contributed by atoms with E-state index in [2.05, 4.69) is 15.0 Å². The van der Waals surface area contributed by atoms with Gasteiger partial charge in [-0.25, -0.2) is 9.37 Å². The highest BCUT2D eigenvalue weighted by Crippen LogP contribution is 2.32. The topological polar surface area (TPSA) is 160 Å². The first-order chi connectivity index (χ1) is 9.90. The van der Waals surface area contributed by atoms with Crippen LogP contribution in [0.4, 0.5) is 10.3 Å². The van der Waals surface area contributed by atoms with Crippen LogP contribution in [0.25, 0.3) is 11.2 Å². The Morgan fingerprint density at radius 2 is 2.19 bits per heavy atom. The highest BCUT2D eigenvalue weighted by molar-refractivity contribution is 5.70. The van der Waals surface area contributed by atoms with Crippen molar-refractivity contribution in [2.75, 3.05) is 5.73 Å². The molecule has 0 aliphatic carbocycles. The molecule has 0 bridgehead atoms. The van der Waals surface area contributed by atoms with E-state index in [0.29, 0.717) is 0 Å². The maximum Gasteiger partial charge on any atom is 0.280 e. The summed E-state index contributed by atoms with van der Waals surface area (Å²) in [5.74, 6) is -0.177. The van der Waals surface area contributed by atoms with E-state index in [1.165, 1.54) is 0 Å². The summed E-state index contributed by atoms with van der Waals surface area (Å²) in [5, 5.41) is 28.4. The molecule has 21 heavy (non-hydrogen) atoms. The van der Waals surface area contributed by atoms with Crippen molar-refractivity contribution >= 4 is 17.1 Å². The molecule has 3 rings (SSSR count). The molecule has 11 heteroatoms. The maximum absolute atomic E-state index is 12.9. The lowest BCUT2D eigenvalue weighted by molar-refractivity contribution is -0.130. The number of ether oxygens (including phenoxy) is 1. The van der Waals surface area contributed by atoms with Crippen LogP contribution in [-0.4, -0.2) is 59.5 Å². The molecule has 3 heterocycles. The summed E-state index contributed by atoms with van der Waals surface area (Å²) in [6.07, 6.45) is -7.42. The van der Waals surface area contributed by atoms with E-state index in [-0.39, 0.29) is 17.1 Å². The first kappa shape index (κ1) is 13.9. The average Bonchev–Trinajstić information content (AvgIpc) is 2.93. The molecule has 1 unspecified atom stereocenters. The van der Waals surface area contributed by atoms with Crippen molar-refractivity contribution in [3.63, 3.8) is 0 Å². The lowest BCUT2D eigenvalue weighted by atomic mass is 10.1. The number of nitrogen functional groups attached to an aromatic ring is 1. The number of aliphatic hydroxyl groups excluding tert-OH is 3. The molecule has 0 amide bonds. The van der Waals surface area contributed by atoms with Gasteiger partial charge in [-0.3, -0.25) is 14.3 Å². The average molecular weight is 301 g/mol. The third kappa shape index (κ3) is 2.06. The van der Waals surface area contributed by atoms with E-state index >= 15 is 0 Å². The predicted octanol–water partition coefficient (Wildman–Crippen LogP) is -2.39. The van der Waals surface area contributed by atoms with Crippen molar-refractivity contribution in [2.45, 2.75) is 30.9 Å². The second-order valence-electron chi connectivity index (χ2n) is 4.62. The van der Waals surface area contributed by atoms with Gasteiger partial charge in [0.15, 0.2) is 17.4 Å². The highest BCUT2D eigenvalue weighted by Gasteiger charge is 2.47. The predicted molar refractivity (Wildman–Crippen MR) is 65.6 cm³/mol. The second-order valence-corrected chi connectivity index (χ2v) is 4.62. The normalized spacial score (nSPS) is 30.9. The number of rotatable bonds is 2. The van der Waals surface area contributed by atoms with Crippen molar-refractivity contribution in [1.29, 1.82) is 0 Å². The van der Waals surface area contributed by atoms with E-state index in [9.17, 15) is 19.4 Å². The Morgan fingerprint density at radius 1 is 1.48 bits per heavy atom. The van der Waals surface area contributed by atoms with Gasteiger partial charge >= 0.3 is 0 Å². The largest absolute Gasteiger partial charge is 0.387 e. The smallest absolute Gasteiger partial charge is 0.280 e. The molecule has 1 aliphatic heterocycles. The molecule has 0 radical (unpaired) electrons. The number of imidazole rings is 1. The number of nitrogens with two attached hydrogens (primary N) is 1. The standard InChI is InChI=1S/C10H12FN5O5/c11-6(19)5-3(17)4(18)9(21-5)16-1-13-2-7(16)14-10(12)15-8(2)20/h1,3-6,9,17-19H,(H3,12,14,15,20)/t3-,4+,5-,6?,9+/m0/s1. The number of fused-ring (bicyclic) bond motifs is 1. The molecule has 0 aromatic carbocycles. The third-order valence-electron chi connectivity index (χ3n) is 3.27. The van der Waals surface area contributed by atoms with Crippen LogP contribution in [0, 0.1) is 0 Å². The van der Waals surface area contributed by atoms with Crippen LogP contribution in [0.3, 0.4) is 0 Å². The van der Waals surface area contributed by atoms with E-state index in [0.717, 1.165) is 10.9 Å². The molecule has 0 spiro atoms. The lowest BCUT2D eigenvalue weighted by Gasteiger charge is -2.16. The second kappa shape index (κ2) is 4.73. The number of aromatic amines is 1. The molecule has 10 nitrogen and oxygen atoms in total. The molecule has 114 valence electrons. The minimum atomic E-state index is -2.48. The van der Waals surface area contributed by atoms with Gasteiger partial charge in [-0.2, -0.15) is 4.98 Å². The van der Waals surface area contributed by atoms with Crippen molar-refractivity contribution in [3.05, 3.63) is 16.7 Å². The van der Waals surface area contributed by atoms with Crippen LogP contribution in [0.2, 0.25) is 0 Å². The van der Waals surface area contributed by atoms with E-state index < -0.39 is 36.5 Å². The van der Waals surface area contributed by atoms with E-state index in [1.807, 2.05) is 0 Å². The zero-order valence-corrected chi connectivity index (χ0v) is 10.4. The number of aromatic nitrogens is 4. The minimum absolute atomic E-state index is 0.00139. The fourth-order valence-electron chi connectivity index (χ4n) is 2.27. The Kier molecular flexibility index (Phi) is 3.13. The van der Waals surface area contributed by atoms with Gasteiger partial charge in [0.1, 0.15) is 18.3 Å². The minimum Gasteiger partial charge on any atom is -0.387 e. The number of alkyl halides is 1. The number of H-pyrrole nitrogens is 1. The van der Waals surface area contributed by atoms with Crippen LogP contribution < -0.4 is 11.3 Å². The van der Waals surface area contributed by atoms with Crippen LogP contribution in [-0.2, 0) is 4.74 Å². The number of nitrogens with one attached hydrogen (secondary N) is 1. The zero-order chi connectivity index (χ0) is 15.3. The zero-order valence-electron chi connectivity index (χ0n) is 10.4. The molecule has 1 saturated heterocycles. The van der Waals surface area contributed by atoms with Crippen LogP contribution in [0.1, 0.15) is 6.23 Å². The summed E-state index contributed by atoms with van der Waals surface area (Å²) in [7, 11) is 0. The molecule has 1 aliphatic rings. The fraction of sp³-hybridized carbons (Fsp3) is 0.500. The van der Waals surface area contributed by atoms with Crippen LogP contribution in [0.5, 0.6) is 0 Å². The van der Waals surface area contributed by atoms with Crippen molar-refractivity contribution in [2.24, 2.45) is 0 Å². The van der Waals surface area contributed by atoms with Gasteiger partial charge in [-0.1, -0.05) is 0 Å². The lowest BCUT2D eigenvalue weighted by Crippen LogP contribution is -2.36. The van der Waals surface area contributed by atoms with Gasteiger partial charge in [0.05, 0.1) is 6.33 Å². The summed E-state index contributed by atoms with van der Waals surface area (Å²) in [5.41, 5.74) is 4.78. The highest BCUT2D eigenvalue weighted by atomic mass is 19.1. The van der Waals surface area contributed by atoms with Crippen LogP contribution in [0.15, 0.2) is 11.1 Å². The summed E-state index contributed by atoms with van der Waals surface area (Å²) in [4.78, 5) is 21.6. The van der Waals surface area contributed by atoms with Gasteiger partial charge in [0.2, 0.25) is 12.3 Å². The van der Waals surface area contributed by atoms with Gasteiger partial charge in [0.25, 0.3) is 5.56 Å². The van der Waals surface area contributed by atoms with Crippen molar-refractivity contribution in [3.8, 4) is 0 Å².